The number of aromatic amines is 1. The molecule has 0 spiro atoms. The first kappa shape index (κ1) is 13.5. The predicted molar refractivity (Wildman–Crippen MR) is 65.2 cm³/mol. The minimum absolute atomic E-state index is 0. The van der Waals surface area contributed by atoms with Crippen LogP contribution in [0.5, 0.6) is 0 Å². The van der Waals surface area contributed by atoms with Crippen molar-refractivity contribution in [3.63, 3.8) is 0 Å². The lowest BCUT2D eigenvalue weighted by molar-refractivity contribution is 0.0691. The van der Waals surface area contributed by atoms with Gasteiger partial charge in [-0.15, -0.1) is 0 Å². The molecule has 0 unspecified atom stereocenters. The van der Waals surface area contributed by atoms with Gasteiger partial charge in [0.15, 0.2) is 5.43 Å². The summed E-state index contributed by atoms with van der Waals surface area (Å²) >= 11 is 11.6. The zero-order chi connectivity index (χ0) is 11.9. The average Bonchev–Trinajstić information content (AvgIpc) is 2.15. The molecule has 90 valence electrons. The van der Waals surface area contributed by atoms with Crippen LogP contribution in [0.15, 0.2) is 23.0 Å². The normalized spacial score (nSPS) is 10.0. The molecule has 0 saturated heterocycles. The van der Waals surface area contributed by atoms with E-state index in [1.54, 1.807) is 0 Å². The Balaban J connectivity index is 0.00000144. The van der Waals surface area contributed by atoms with E-state index in [-0.39, 0.29) is 21.6 Å². The molecular weight excluding hydrogens is 269 g/mol. The molecule has 1 heterocycles. The molecule has 1 aromatic carbocycles. The van der Waals surface area contributed by atoms with Crippen molar-refractivity contribution >= 4 is 40.1 Å². The fraction of sp³-hybridized carbons (Fsp3) is 0. The van der Waals surface area contributed by atoms with Crippen LogP contribution in [0.1, 0.15) is 10.5 Å². The quantitative estimate of drug-likeness (QED) is 0.828. The molecular formula is C10H7Cl2NO4. The third-order valence-corrected chi connectivity index (χ3v) is 2.59. The van der Waals surface area contributed by atoms with Gasteiger partial charge in [-0.05, 0) is 12.1 Å². The number of carbonyl (C=O) groups is 1. The first-order valence-corrected chi connectivity index (χ1v) is 5.00. The maximum atomic E-state index is 11.6. The second-order valence-electron chi connectivity index (χ2n) is 3.16. The first-order valence-electron chi connectivity index (χ1n) is 4.24. The van der Waals surface area contributed by atoms with Crippen molar-refractivity contribution in [1.29, 1.82) is 0 Å². The molecule has 5 nitrogen and oxygen atoms in total. The van der Waals surface area contributed by atoms with Crippen LogP contribution >= 0.6 is 23.2 Å². The Morgan fingerprint density at radius 3 is 2.47 bits per heavy atom. The number of halogens is 2. The molecule has 2 aromatic rings. The smallest absolute Gasteiger partial charge is 0.352 e. The molecule has 0 saturated carbocycles. The number of aromatic carboxylic acids is 1. The maximum absolute atomic E-state index is 11.6. The third-order valence-electron chi connectivity index (χ3n) is 2.08. The minimum atomic E-state index is -1.21. The highest BCUT2D eigenvalue weighted by Crippen LogP contribution is 2.24. The number of rotatable bonds is 1. The molecule has 0 amide bonds. The zero-order valence-electron chi connectivity index (χ0n) is 8.25. The van der Waals surface area contributed by atoms with Crippen LogP contribution in [0.2, 0.25) is 10.0 Å². The second kappa shape index (κ2) is 4.75. The molecule has 0 aliphatic heterocycles. The Morgan fingerprint density at radius 2 is 1.88 bits per heavy atom. The van der Waals surface area contributed by atoms with E-state index in [0.29, 0.717) is 10.5 Å². The van der Waals surface area contributed by atoms with Crippen molar-refractivity contribution in [1.82, 2.24) is 4.98 Å². The summed E-state index contributed by atoms with van der Waals surface area (Å²) in [7, 11) is 0. The van der Waals surface area contributed by atoms with Crippen LogP contribution in [0.25, 0.3) is 10.9 Å². The standard InChI is InChI=1S/C10H5Cl2NO3.H2O/c11-4-1-5(12)9-6(2-4)13-7(10(15)16)3-8(9)14;/h1-3H,(H,13,14)(H,15,16);1H2. The van der Waals surface area contributed by atoms with E-state index < -0.39 is 11.4 Å². The van der Waals surface area contributed by atoms with Crippen LogP contribution in [-0.2, 0) is 0 Å². The van der Waals surface area contributed by atoms with Gasteiger partial charge >= 0.3 is 5.97 Å². The summed E-state index contributed by atoms with van der Waals surface area (Å²) in [6.07, 6.45) is 0. The van der Waals surface area contributed by atoms with Gasteiger partial charge in [-0.3, -0.25) is 4.79 Å². The largest absolute Gasteiger partial charge is 0.477 e. The zero-order valence-corrected chi connectivity index (χ0v) is 9.76. The lowest BCUT2D eigenvalue weighted by atomic mass is 10.2. The van der Waals surface area contributed by atoms with Gasteiger partial charge in [-0.1, -0.05) is 23.2 Å². The predicted octanol–water partition coefficient (Wildman–Crippen LogP) is 1.71. The second-order valence-corrected chi connectivity index (χ2v) is 4.01. The SMILES string of the molecule is O.O=C(O)c1cc(=O)c2c(Cl)cc(Cl)cc2[nH]1. The van der Waals surface area contributed by atoms with Gasteiger partial charge < -0.3 is 15.6 Å². The van der Waals surface area contributed by atoms with Crippen LogP contribution in [0.3, 0.4) is 0 Å². The molecule has 17 heavy (non-hydrogen) atoms. The molecule has 0 atom stereocenters. The van der Waals surface area contributed by atoms with Crippen molar-refractivity contribution in [2.75, 3.05) is 0 Å². The van der Waals surface area contributed by atoms with E-state index in [2.05, 4.69) is 4.98 Å². The maximum Gasteiger partial charge on any atom is 0.352 e. The van der Waals surface area contributed by atoms with Crippen LogP contribution in [0.4, 0.5) is 0 Å². The molecule has 0 aliphatic rings. The number of carboxylic acids is 1. The number of benzene rings is 1. The molecule has 0 bridgehead atoms. The van der Waals surface area contributed by atoms with Crippen LogP contribution in [0, 0.1) is 0 Å². The molecule has 0 radical (unpaired) electrons. The van der Waals surface area contributed by atoms with Crippen LogP contribution in [-0.4, -0.2) is 21.5 Å². The topological polar surface area (TPSA) is 102 Å². The fourth-order valence-corrected chi connectivity index (χ4v) is 2.01. The van der Waals surface area contributed by atoms with E-state index in [1.165, 1.54) is 12.1 Å². The van der Waals surface area contributed by atoms with Gasteiger partial charge in [-0.2, -0.15) is 0 Å². The van der Waals surface area contributed by atoms with E-state index in [4.69, 9.17) is 28.3 Å². The molecule has 4 N–H and O–H groups in total. The van der Waals surface area contributed by atoms with Crippen LogP contribution < -0.4 is 5.43 Å². The number of carboxylic acid groups (broad SMARTS) is 1. The van der Waals surface area contributed by atoms with Crippen molar-refractivity contribution in [2.45, 2.75) is 0 Å². The summed E-state index contributed by atoms with van der Waals surface area (Å²) in [6, 6.07) is 3.88. The summed E-state index contributed by atoms with van der Waals surface area (Å²) in [5.41, 5.74) is -0.342. The Kier molecular flexibility index (Phi) is 3.77. The summed E-state index contributed by atoms with van der Waals surface area (Å²) in [5, 5.41) is 9.53. The Hall–Kier alpha value is -1.56. The number of fused-ring (bicyclic) bond motifs is 1. The fourth-order valence-electron chi connectivity index (χ4n) is 1.42. The Morgan fingerprint density at radius 1 is 1.24 bits per heavy atom. The van der Waals surface area contributed by atoms with Crippen molar-refractivity contribution in [3.05, 3.63) is 44.2 Å². The molecule has 7 heteroatoms. The highest BCUT2D eigenvalue weighted by Gasteiger charge is 2.10. The van der Waals surface area contributed by atoms with Gasteiger partial charge in [0.2, 0.25) is 0 Å². The number of hydrogen-bond acceptors (Lipinski definition) is 2. The number of pyridine rings is 1. The van der Waals surface area contributed by atoms with E-state index >= 15 is 0 Å². The highest BCUT2D eigenvalue weighted by molar-refractivity contribution is 6.38. The van der Waals surface area contributed by atoms with Gasteiger partial charge in [-0.25, -0.2) is 4.79 Å². The van der Waals surface area contributed by atoms with Crippen molar-refractivity contribution in [3.8, 4) is 0 Å². The average molecular weight is 276 g/mol. The van der Waals surface area contributed by atoms with E-state index in [0.717, 1.165) is 6.07 Å². The molecule has 0 fully saturated rings. The number of hydrogen-bond donors (Lipinski definition) is 2. The summed E-state index contributed by atoms with van der Waals surface area (Å²) in [6.45, 7) is 0. The third kappa shape index (κ3) is 2.41. The summed E-state index contributed by atoms with van der Waals surface area (Å²) < 4.78 is 0. The molecule has 0 aliphatic carbocycles. The lowest BCUT2D eigenvalue weighted by Crippen LogP contribution is -2.09. The van der Waals surface area contributed by atoms with Gasteiger partial charge in [0.05, 0.1) is 15.9 Å². The number of aromatic nitrogens is 1. The first-order chi connectivity index (χ1) is 7.49. The highest BCUT2D eigenvalue weighted by atomic mass is 35.5. The van der Waals surface area contributed by atoms with Gasteiger partial charge in [0.25, 0.3) is 0 Å². The van der Waals surface area contributed by atoms with Gasteiger partial charge in [0.1, 0.15) is 5.69 Å². The number of H-pyrrole nitrogens is 1. The van der Waals surface area contributed by atoms with E-state index in [9.17, 15) is 9.59 Å². The van der Waals surface area contributed by atoms with Crippen molar-refractivity contribution < 1.29 is 15.4 Å². The molecule has 1 aromatic heterocycles. The lowest BCUT2D eigenvalue weighted by Gasteiger charge is -2.02. The van der Waals surface area contributed by atoms with E-state index in [1.807, 2.05) is 0 Å². The minimum Gasteiger partial charge on any atom is -0.477 e. The summed E-state index contributed by atoms with van der Waals surface area (Å²) in [5.74, 6) is -1.21. The van der Waals surface area contributed by atoms with Crippen molar-refractivity contribution in [2.24, 2.45) is 0 Å². The Labute approximate surface area is 105 Å². The number of nitrogens with one attached hydrogen (secondary N) is 1. The summed E-state index contributed by atoms with van der Waals surface area (Å²) in [4.78, 5) is 24.9. The molecule has 2 rings (SSSR count). The monoisotopic (exact) mass is 275 g/mol. The van der Waals surface area contributed by atoms with Gasteiger partial charge in [0, 0.05) is 11.1 Å². The Bertz CT molecular complexity index is 651.